The van der Waals surface area contributed by atoms with Gasteiger partial charge in [0.15, 0.2) is 0 Å². The number of aromatic hydroxyl groups is 1. The Morgan fingerprint density at radius 3 is 2.78 bits per heavy atom. The van der Waals surface area contributed by atoms with E-state index >= 15 is 0 Å². The summed E-state index contributed by atoms with van der Waals surface area (Å²) in [5.74, 6) is -0.407. The lowest BCUT2D eigenvalue weighted by molar-refractivity contribution is 0.0918. The van der Waals surface area contributed by atoms with E-state index in [4.69, 9.17) is 17.3 Å². The molecule has 1 aromatic carbocycles. The number of hydrogen-bond donors (Lipinski definition) is 3. The first-order valence-electron chi connectivity index (χ1n) is 6.13. The van der Waals surface area contributed by atoms with Crippen molar-refractivity contribution in [2.75, 3.05) is 0 Å². The van der Waals surface area contributed by atoms with Gasteiger partial charge in [-0.2, -0.15) is 0 Å². The van der Waals surface area contributed by atoms with Crippen molar-refractivity contribution in [1.82, 2.24) is 5.32 Å². The first kappa shape index (κ1) is 13.2. The first-order valence-corrected chi connectivity index (χ1v) is 6.50. The van der Waals surface area contributed by atoms with E-state index in [2.05, 4.69) is 5.32 Å². The lowest BCUT2D eigenvalue weighted by Gasteiger charge is -2.29. The highest BCUT2D eigenvalue weighted by Gasteiger charge is 2.24. The van der Waals surface area contributed by atoms with Crippen molar-refractivity contribution in [3.05, 3.63) is 28.8 Å². The normalized spacial score (nSPS) is 23.7. The van der Waals surface area contributed by atoms with Crippen LogP contribution in [0.1, 0.15) is 36.0 Å². The van der Waals surface area contributed by atoms with Crippen LogP contribution in [0.25, 0.3) is 0 Å². The smallest absolute Gasteiger partial charge is 0.255 e. The van der Waals surface area contributed by atoms with E-state index < -0.39 is 0 Å². The third kappa shape index (κ3) is 2.94. The second-order valence-corrected chi connectivity index (χ2v) is 5.13. The number of hydrogen-bond acceptors (Lipinski definition) is 3. The Morgan fingerprint density at radius 1 is 1.39 bits per heavy atom. The van der Waals surface area contributed by atoms with Crippen LogP contribution in [-0.4, -0.2) is 23.1 Å². The molecule has 1 aromatic rings. The van der Waals surface area contributed by atoms with Gasteiger partial charge < -0.3 is 16.2 Å². The number of nitrogens with one attached hydrogen (secondary N) is 1. The molecular formula is C13H17ClN2O2. The Hall–Kier alpha value is -1.26. The van der Waals surface area contributed by atoms with Crippen LogP contribution in [0.2, 0.25) is 5.02 Å². The Balaban J connectivity index is 2.07. The molecule has 0 bridgehead atoms. The number of phenolic OH excluding ortho intramolecular Hbond substituents is 1. The number of nitrogens with two attached hydrogens (primary N) is 1. The molecule has 5 heteroatoms. The van der Waals surface area contributed by atoms with E-state index in [-0.39, 0.29) is 29.3 Å². The number of halogens is 1. The maximum Gasteiger partial charge on any atom is 0.255 e. The van der Waals surface area contributed by atoms with E-state index in [1.165, 1.54) is 12.1 Å². The number of rotatable bonds is 2. The molecule has 0 unspecified atom stereocenters. The van der Waals surface area contributed by atoms with Gasteiger partial charge in [0, 0.05) is 17.1 Å². The van der Waals surface area contributed by atoms with Crippen LogP contribution in [0.5, 0.6) is 5.75 Å². The van der Waals surface area contributed by atoms with Crippen molar-refractivity contribution in [3.8, 4) is 5.75 Å². The minimum atomic E-state index is -0.300. The molecule has 1 saturated carbocycles. The highest BCUT2D eigenvalue weighted by atomic mass is 35.5. The summed E-state index contributed by atoms with van der Waals surface area (Å²) in [4.78, 5) is 12.0. The fourth-order valence-electron chi connectivity index (χ4n) is 2.28. The van der Waals surface area contributed by atoms with Crippen LogP contribution in [0.4, 0.5) is 0 Å². The van der Waals surface area contributed by atoms with Crippen molar-refractivity contribution < 1.29 is 9.90 Å². The van der Waals surface area contributed by atoms with E-state index in [9.17, 15) is 9.90 Å². The molecule has 0 saturated heterocycles. The second kappa shape index (κ2) is 5.59. The quantitative estimate of drug-likeness (QED) is 0.768. The monoisotopic (exact) mass is 268 g/mol. The summed E-state index contributed by atoms with van der Waals surface area (Å²) in [5, 5.41) is 13.0. The van der Waals surface area contributed by atoms with E-state index in [0.717, 1.165) is 25.7 Å². The largest absolute Gasteiger partial charge is 0.507 e. The third-order valence-electron chi connectivity index (χ3n) is 3.34. The average molecular weight is 269 g/mol. The van der Waals surface area contributed by atoms with Crippen LogP contribution in [0, 0.1) is 0 Å². The minimum absolute atomic E-state index is 0.00265. The molecule has 1 aliphatic carbocycles. The Kier molecular flexibility index (Phi) is 4.09. The number of amides is 1. The van der Waals surface area contributed by atoms with Gasteiger partial charge in [0.05, 0.1) is 5.56 Å². The molecule has 4 N–H and O–H groups in total. The van der Waals surface area contributed by atoms with Gasteiger partial charge in [0.1, 0.15) is 5.75 Å². The van der Waals surface area contributed by atoms with Crippen LogP contribution in [0.15, 0.2) is 18.2 Å². The van der Waals surface area contributed by atoms with Crippen LogP contribution < -0.4 is 11.1 Å². The first-order chi connectivity index (χ1) is 8.58. The van der Waals surface area contributed by atoms with Gasteiger partial charge in [0.25, 0.3) is 5.91 Å². The van der Waals surface area contributed by atoms with Gasteiger partial charge in [-0.05, 0) is 31.0 Å². The fraction of sp³-hybridized carbons (Fsp3) is 0.462. The zero-order chi connectivity index (χ0) is 13.1. The third-order valence-corrected chi connectivity index (χ3v) is 3.58. The maximum absolute atomic E-state index is 12.0. The lowest BCUT2D eigenvalue weighted by atomic mass is 9.91. The zero-order valence-corrected chi connectivity index (χ0v) is 10.8. The average Bonchev–Trinajstić information content (AvgIpc) is 2.32. The van der Waals surface area contributed by atoms with Crippen LogP contribution in [0.3, 0.4) is 0 Å². The molecule has 0 aliphatic heterocycles. The lowest BCUT2D eigenvalue weighted by Crippen LogP contribution is -2.49. The molecule has 0 spiro atoms. The van der Waals surface area contributed by atoms with Crippen molar-refractivity contribution in [2.24, 2.45) is 5.73 Å². The minimum Gasteiger partial charge on any atom is -0.507 e. The Morgan fingerprint density at radius 2 is 2.11 bits per heavy atom. The molecule has 1 amide bonds. The zero-order valence-electron chi connectivity index (χ0n) is 10.0. The Bertz CT molecular complexity index is 451. The number of phenols is 1. The summed E-state index contributed by atoms with van der Waals surface area (Å²) >= 11 is 5.72. The molecule has 1 aliphatic rings. The van der Waals surface area contributed by atoms with Gasteiger partial charge in [-0.15, -0.1) is 0 Å². The molecule has 98 valence electrons. The van der Waals surface area contributed by atoms with Gasteiger partial charge in [0.2, 0.25) is 0 Å². The number of carbonyl (C=O) groups excluding carboxylic acids is 1. The molecule has 0 radical (unpaired) electrons. The summed E-state index contributed by atoms with van der Waals surface area (Å²) in [6.45, 7) is 0. The highest BCUT2D eigenvalue weighted by Crippen LogP contribution is 2.23. The molecular weight excluding hydrogens is 252 g/mol. The van der Waals surface area contributed by atoms with Crippen molar-refractivity contribution in [1.29, 1.82) is 0 Å². The predicted molar refractivity (Wildman–Crippen MR) is 70.8 cm³/mol. The molecule has 18 heavy (non-hydrogen) atoms. The van der Waals surface area contributed by atoms with Crippen molar-refractivity contribution in [2.45, 2.75) is 37.8 Å². The summed E-state index contributed by atoms with van der Waals surface area (Å²) < 4.78 is 0. The van der Waals surface area contributed by atoms with Gasteiger partial charge in [-0.1, -0.05) is 24.4 Å². The SMILES string of the molecule is N[C@@H]1CCCC[C@H]1NC(=O)c1ccc(Cl)cc1O. The van der Waals surface area contributed by atoms with Gasteiger partial charge in [-0.25, -0.2) is 0 Å². The van der Waals surface area contributed by atoms with Gasteiger partial charge in [-0.3, -0.25) is 4.79 Å². The van der Waals surface area contributed by atoms with Crippen LogP contribution >= 0.6 is 11.6 Å². The van der Waals surface area contributed by atoms with E-state index in [0.29, 0.717) is 5.02 Å². The summed E-state index contributed by atoms with van der Waals surface area (Å²) in [6.07, 6.45) is 4.00. The topological polar surface area (TPSA) is 75.3 Å². The standard InChI is InChI=1S/C13H17ClN2O2/c14-8-5-6-9(12(17)7-8)13(18)16-11-4-2-1-3-10(11)15/h5-7,10-11,17H,1-4,15H2,(H,16,18)/t10-,11-/m1/s1. The van der Waals surface area contributed by atoms with Gasteiger partial charge >= 0.3 is 0 Å². The fourth-order valence-corrected chi connectivity index (χ4v) is 2.45. The molecule has 0 aromatic heterocycles. The summed E-state index contributed by atoms with van der Waals surface area (Å²) in [7, 11) is 0. The molecule has 1 fully saturated rings. The summed E-state index contributed by atoms with van der Waals surface area (Å²) in [6, 6.07) is 4.44. The summed E-state index contributed by atoms with van der Waals surface area (Å²) in [5.41, 5.74) is 6.20. The van der Waals surface area contributed by atoms with Crippen LogP contribution in [-0.2, 0) is 0 Å². The Labute approximate surface area is 111 Å². The number of benzene rings is 1. The van der Waals surface area contributed by atoms with Crippen molar-refractivity contribution >= 4 is 17.5 Å². The number of carbonyl (C=O) groups is 1. The maximum atomic E-state index is 12.0. The highest BCUT2D eigenvalue weighted by molar-refractivity contribution is 6.30. The van der Waals surface area contributed by atoms with E-state index in [1.807, 2.05) is 0 Å². The molecule has 0 heterocycles. The van der Waals surface area contributed by atoms with E-state index in [1.54, 1.807) is 6.07 Å². The molecule has 4 nitrogen and oxygen atoms in total. The predicted octanol–water partition coefficient (Wildman–Crippen LogP) is 2.05. The van der Waals surface area contributed by atoms with Crippen molar-refractivity contribution in [3.63, 3.8) is 0 Å². The second-order valence-electron chi connectivity index (χ2n) is 4.69. The molecule has 2 atom stereocenters. The molecule has 2 rings (SSSR count).